The van der Waals surface area contributed by atoms with E-state index in [0.29, 0.717) is 49.0 Å². The minimum Gasteiger partial charge on any atom is -0.497 e. The largest absolute Gasteiger partial charge is 0.497 e. The van der Waals surface area contributed by atoms with Crippen LogP contribution in [0.2, 0.25) is 0 Å². The molecule has 12 heteroatoms. The van der Waals surface area contributed by atoms with Crippen LogP contribution in [0.4, 0.5) is 11.5 Å². The number of methoxy groups -OCH3 is 1. The van der Waals surface area contributed by atoms with Crippen LogP contribution in [0.3, 0.4) is 0 Å². The van der Waals surface area contributed by atoms with Crippen molar-refractivity contribution in [1.29, 1.82) is 0 Å². The molecule has 0 bridgehead atoms. The first-order valence-corrected chi connectivity index (χ1v) is 13.8. The van der Waals surface area contributed by atoms with Crippen molar-refractivity contribution in [1.82, 2.24) is 25.1 Å². The van der Waals surface area contributed by atoms with E-state index >= 15 is 0 Å². The van der Waals surface area contributed by atoms with Gasteiger partial charge in [0.15, 0.2) is 10.8 Å². The number of carbonyl (C=O) groups is 2. The Kier molecular flexibility index (Phi) is 7.98. The van der Waals surface area contributed by atoms with Gasteiger partial charge in [-0.05, 0) is 12.1 Å². The maximum Gasteiger partial charge on any atom is 0.227 e. The third-order valence-corrected chi connectivity index (χ3v) is 7.46. The van der Waals surface area contributed by atoms with Crippen LogP contribution in [0.5, 0.6) is 5.75 Å². The maximum absolute atomic E-state index is 12.9. The van der Waals surface area contributed by atoms with Crippen LogP contribution in [0.1, 0.15) is 20.3 Å². The number of hydrogen-bond donors (Lipinski definition) is 1. The second-order valence-corrected chi connectivity index (χ2v) is 11.1. The highest BCUT2D eigenvalue weighted by molar-refractivity contribution is 7.99. The van der Waals surface area contributed by atoms with Crippen molar-refractivity contribution in [2.75, 3.05) is 56.3 Å². The number of ether oxygens (including phenoxy) is 2. The second-order valence-electron chi connectivity index (χ2n) is 9.60. The fraction of sp³-hybridized carbons (Fsp3) is 0.500. The maximum atomic E-state index is 12.9. The van der Waals surface area contributed by atoms with Gasteiger partial charge in [0.2, 0.25) is 11.8 Å². The summed E-state index contributed by atoms with van der Waals surface area (Å²) in [5, 5.41) is 9.50. The van der Waals surface area contributed by atoms with E-state index < -0.39 is 5.92 Å². The van der Waals surface area contributed by atoms with Crippen molar-refractivity contribution in [2.45, 2.75) is 37.2 Å². The van der Waals surface area contributed by atoms with E-state index in [1.165, 1.54) is 0 Å². The predicted octanol–water partition coefficient (Wildman–Crippen LogP) is 2.34. The van der Waals surface area contributed by atoms with Gasteiger partial charge in [0.25, 0.3) is 0 Å². The number of anilines is 2. The number of carbonyl (C=O) groups excluding carboxylic acids is 2. The SMILES string of the molecule is COc1cccc(N2CC(C(=O)NCCn3ncc4c(N5CCOCC5)nc(SC(C)C)nc43)CC2=O)c1. The molecule has 0 aliphatic carbocycles. The lowest BCUT2D eigenvalue weighted by molar-refractivity contribution is -0.126. The Morgan fingerprint density at radius 3 is 2.84 bits per heavy atom. The summed E-state index contributed by atoms with van der Waals surface area (Å²) in [6.45, 7) is 8.27. The lowest BCUT2D eigenvalue weighted by Gasteiger charge is -2.28. The topological polar surface area (TPSA) is 115 Å². The average molecular weight is 540 g/mol. The summed E-state index contributed by atoms with van der Waals surface area (Å²) in [6.07, 6.45) is 1.98. The fourth-order valence-corrected chi connectivity index (χ4v) is 5.40. The van der Waals surface area contributed by atoms with E-state index in [0.717, 1.165) is 35.6 Å². The van der Waals surface area contributed by atoms with Crippen LogP contribution in [0.15, 0.2) is 35.6 Å². The first-order chi connectivity index (χ1) is 18.4. The number of nitrogens with one attached hydrogen (secondary N) is 1. The zero-order valence-electron chi connectivity index (χ0n) is 21.9. The summed E-state index contributed by atoms with van der Waals surface area (Å²) < 4.78 is 12.6. The van der Waals surface area contributed by atoms with E-state index in [9.17, 15) is 9.59 Å². The molecule has 0 spiro atoms. The molecule has 5 rings (SSSR count). The van der Waals surface area contributed by atoms with Gasteiger partial charge in [-0.3, -0.25) is 9.59 Å². The minimum absolute atomic E-state index is 0.0704. The summed E-state index contributed by atoms with van der Waals surface area (Å²) in [4.78, 5) is 39.1. The van der Waals surface area contributed by atoms with E-state index in [-0.39, 0.29) is 18.2 Å². The van der Waals surface area contributed by atoms with Crippen molar-refractivity contribution in [3.05, 3.63) is 30.5 Å². The summed E-state index contributed by atoms with van der Waals surface area (Å²) in [7, 11) is 1.59. The molecule has 0 radical (unpaired) electrons. The Balaban J connectivity index is 1.25. The minimum atomic E-state index is -0.410. The molecule has 2 aromatic heterocycles. The number of amides is 2. The monoisotopic (exact) mass is 539 g/mol. The van der Waals surface area contributed by atoms with Gasteiger partial charge in [-0.25, -0.2) is 14.6 Å². The molecule has 0 saturated carbocycles. The quantitative estimate of drug-likeness (QED) is 0.323. The highest BCUT2D eigenvalue weighted by Crippen LogP contribution is 2.30. The average Bonchev–Trinajstić information content (AvgIpc) is 3.52. The third-order valence-electron chi connectivity index (χ3n) is 6.59. The van der Waals surface area contributed by atoms with Gasteiger partial charge in [-0.2, -0.15) is 5.10 Å². The first-order valence-electron chi connectivity index (χ1n) is 12.9. The molecule has 1 aromatic carbocycles. The number of nitrogens with zero attached hydrogens (tertiary/aromatic N) is 6. The molecular formula is C26H33N7O4S. The molecule has 2 amide bonds. The zero-order valence-corrected chi connectivity index (χ0v) is 22.7. The number of rotatable bonds is 9. The molecule has 3 aromatic rings. The van der Waals surface area contributed by atoms with Crippen LogP contribution >= 0.6 is 11.8 Å². The normalized spacial score (nSPS) is 18.0. The van der Waals surface area contributed by atoms with Crippen molar-refractivity contribution in [2.24, 2.45) is 5.92 Å². The Labute approximate surface area is 225 Å². The number of morpholine rings is 1. The number of aromatic nitrogens is 4. The molecule has 38 heavy (non-hydrogen) atoms. The van der Waals surface area contributed by atoms with Gasteiger partial charge in [0, 0.05) is 49.6 Å². The zero-order chi connectivity index (χ0) is 26.6. The van der Waals surface area contributed by atoms with Crippen molar-refractivity contribution < 1.29 is 19.1 Å². The van der Waals surface area contributed by atoms with Crippen LogP contribution in [-0.2, 0) is 20.9 Å². The van der Waals surface area contributed by atoms with Crippen LogP contribution < -0.4 is 19.9 Å². The molecule has 202 valence electrons. The molecule has 1 unspecified atom stereocenters. The highest BCUT2D eigenvalue weighted by Gasteiger charge is 2.35. The summed E-state index contributed by atoms with van der Waals surface area (Å²) in [5.41, 5.74) is 1.48. The van der Waals surface area contributed by atoms with Crippen LogP contribution in [0, 0.1) is 5.92 Å². The van der Waals surface area contributed by atoms with Gasteiger partial charge in [-0.15, -0.1) is 0 Å². The summed E-state index contributed by atoms with van der Waals surface area (Å²) >= 11 is 1.61. The van der Waals surface area contributed by atoms with Crippen molar-refractivity contribution >= 4 is 46.1 Å². The molecule has 11 nitrogen and oxygen atoms in total. The van der Waals surface area contributed by atoms with E-state index in [1.807, 2.05) is 22.9 Å². The van der Waals surface area contributed by atoms with Gasteiger partial charge in [-0.1, -0.05) is 31.7 Å². The molecule has 1 atom stereocenters. The second kappa shape index (κ2) is 11.6. The Morgan fingerprint density at radius 1 is 1.26 bits per heavy atom. The van der Waals surface area contributed by atoms with Gasteiger partial charge >= 0.3 is 0 Å². The van der Waals surface area contributed by atoms with Crippen molar-refractivity contribution in [3.8, 4) is 5.75 Å². The van der Waals surface area contributed by atoms with Gasteiger partial charge in [0.05, 0.1) is 44.4 Å². The molecular weight excluding hydrogens is 506 g/mol. The molecule has 2 aliphatic heterocycles. The standard InChI is InChI=1S/C26H33N7O4S/c1-17(2)38-26-29-23(31-9-11-37-12-10-31)21-15-28-33(24(21)30-26)8-7-27-25(35)18-13-22(34)32(16-18)19-5-4-6-20(14-19)36-3/h4-6,14-15,17-18H,7-13,16H2,1-3H3,(H,27,35). The Hall–Kier alpha value is -3.38. The fourth-order valence-electron chi connectivity index (χ4n) is 4.70. The highest BCUT2D eigenvalue weighted by atomic mass is 32.2. The van der Waals surface area contributed by atoms with E-state index in [4.69, 9.17) is 19.4 Å². The molecule has 2 fully saturated rings. The van der Waals surface area contributed by atoms with E-state index in [2.05, 4.69) is 29.2 Å². The lowest BCUT2D eigenvalue weighted by Crippen LogP contribution is -2.37. The van der Waals surface area contributed by atoms with E-state index in [1.54, 1.807) is 36.0 Å². The molecule has 2 saturated heterocycles. The summed E-state index contributed by atoms with van der Waals surface area (Å²) in [6, 6.07) is 7.32. The molecule has 1 N–H and O–H groups in total. The number of fused-ring (bicyclic) bond motifs is 1. The van der Waals surface area contributed by atoms with Gasteiger partial charge < -0.3 is 24.6 Å². The third kappa shape index (κ3) is 5.70. The first kappa shape index (κ1) is 26.2. The smallest absolute Gasteiger partial charge is 0.227 e. The Bertz CT molecular complexity index is 1310. The molecule has 2 aliphatic rings. The van der Waals surface area contributed by atoms with Crippen LogP contribution in [-0.4, -0.2) is 83.3 Å². The van der Waals surface area contributed by atoms with Crippen molar-refractivity contribution in [3.63, 3.8) is 0 Å². The van der Waals surface area contributed by atoms with Crippen LogP contribution in [0.25, 0.3) is 11.0 Å². The number of hydrogen-bond acceptors (Lipinski definition) is 9. The number of benzene rings is 1. The Morgan fingerprint density at radius 2 is 2.08 bits per heavy atom. The number of thioether (sulfide) groups is 1. The summed E-state index contributed by atoms with van der Waals surface area (Å²) in [5.74, 6) is 0.926. The predicted molar refractivity (Wildman–Crippen MR) is 146 cm³/mol. The van der Waals surface area contributed by atoms with Gasteiger partial charge in [0.1, 0.15) is 11.6 Å². The lowest BCUT2D eigenvalue weighted by atomic mass is 10.1. The molecule has 4 heterocycles.